The molecule has 0 heterocycles. The van der Waals surface area contributed by atoms with Crippen molar-refractivity contribution in [3.8, 4) is 0 Å². The van der Waals surface area contributed by atoms with Crippen molar-refractivity contribution in [2.45, 2.75) is 19.8 Å². The van der Waals surface area contributed by atoms with E-state index in [2.05, 4.69) is 0 Å². The van der Waals surface area contributed by atoms with Crippen LogP contribution in [-0.2, 0) is 5.92 Å². The summed E-state index contributed by atoms with van der Waals surface area (Å²) in [5.74, 6) is -3.51. The first-order valence-electron chi connectivity index (χ1n) is 4.18. The number of nitrogen functional groups attached to an aromatic ring is 1. The van der Waals surface area contributed by atoms with Gasteiger partial charge >= 0.3 is 0 Å². The van der Waals surface area contributed by atoms with Gasteiger partial charge in [-0.2, -0.15) is 0 Å². The van der Waals surface area contributed by atoms with Crippen molar-refractivity contribution >= 4 is 5.69 Å². The minimum absolute atomic E-state index is 0.0116. The Labute approximate surface area is 76.6 Å². The molecule has 0 aromatic heterocycles. The van der Waals surface area contributed by atoms with Crippen molar-refractivity contribution in [1.29, 1.82) is 0 Å². The van der Waals surface area contributed by atoms with Crippen molar-refractivity contribution in [2.24, 2.45) is 5.92 Å². The Morgan fingerprint density at radius 2 is 1.92 bits per heavy atom. The maximum Gasteiger partial charge on any atom is 0.275 e. The molecule has 0 aliphatic carbocycles. The third-order valence-electron chi connectivity index (χ3n) is 2.00. The largest absolute Gasteiger partial charge is 0.399 e. The summed E-state index contributed by atoms with van der Waals surface area (Å²) >= 11 is 0. The Morgan fingerprint density at radius 1 is 1.31 bits per heavy atom. The predicted molar refractivity (Wildman–Crippen MR) is 49.6 cm³/mol. The lowest BCUT2D eigenvalue weighted by molar-refractivity contribution is -0.0513. The molecule has 0 aliphatic rings. The number of nitrogens with two attached hydrogens (primary N) is 1. The van der Waals surface area contributed by atoms with E-state index in [4.69, 9.17) is 5.73 Å². The van der Waals surface area contributed by atoms with Gasteiger partial charge in [-0.15, -0.1) is 0 Å². The van der Waals surface area contributed by atoms with Gasteiger partial charge < -0.3 is 5.73 Å². The molecule has 2 N–H and O–H groups in total. The van der Waals surface area contributed by atoms with Gasteiger partial charge in [-0.1, -0.05) is 26.0 Å². The predicted octanol–water partition coefficient (Wildman–Crippen LogP) is 3.02. The first-order valence-corrected chi connectivity index (χ1v) is 4.18. The van der Waals surface area contributed by atoms with E-state index in [1.807, 2.05) is 0 Å². The second-order valence-corrected chi connectivity index (χ2v) is 3.40. The van der Waals surface area contributed by atoms with Crippen LogP contribution in [0.1, 0.15) is 19.4 Å². The Bertz CT molecular complexity index is 295. The Morgan fingerprint density at radius 3 is 2.38 bits per heavy atom. The summed E-state index contributed by atoms with van der Waals surface area (Å²) in [7, 11) is 0. The number of halogens is 2. The molecule has 0 radical (unpaired) electrons. The monoisotopic (exact) mass is 185 g/mol. The summed E-state index contributed by atoms with van der Waals surface area (Å²) in [6.45, 7) is 2.98. The summed E-state index contributed by atoms with van der Waals surface area (Å²) < 4.78 is 26.8. The van der Waals surface area contributed by atoms with Gasteiger partial charge in [0, 0.05) is 17.2 Å². The van der Waals surface area contributed by atoms with Crippen LogP contribution >= 0.6 is 0 Å². The van der Waals surface area contributed by atoms with Gasteiger partial charge in [-0.3, -0.25) is 0 Å². The molecule has 1 aromatic rings. The summed E-state index contributed by atoms with van der Waals surface area (Å²) in [5.41, 5.74) is 5.78. The van der Waals surface area contributed by atoms with Crippen molar-refractivity contribution in [2.75, 3.05) is 5.73 Å². The maximum absolute atomic E-state index is 13.4. The van der Waals surface area contributed by atoms with E-state index in [0.29, 0.717) is 5.69 Å². The Kier molecular flexibility index (Phi) is 2.55. The molecule has 0 fully saturated rings. The zero-order valence-corrected chi connectivity index (χ0v) is 7.72. The van der Waals surface area contributed by atoms with Crippen LogP contribution < -0.4 is 5.73 Å². The molecule has 72 valence electrons. The summed E-state index contributed by atoms with van der Waals surface area (Å²) in [4.78, 5) is 0. The summed E-state index contributed by atoms with van der Waals surface area (Å²) in [6, 6.07) is 5.86. The molecule has 0 atom stereocenters. The molecule has 1 aromatic carbocycles. The van der Waals surface area contributed by atoms with Gasteiger partial charge in [-0.05, 0) is 12.1 Å². The van der Waals surface area contributed by atoms with Crippen LogP contribution in [0.25, 0.3) is 0 Å². The molecular formula is C10H13F2N. The highest BCUT2D eigenvalue weighted by Gasteiger charge is 2.35. The fourth-order valence-corrected chi connectivity index (χ4v) is 1.08. The average Bonchev–Trinajstić information content (AvgIpc) is 2.04. The topological polar surface area (TPSA) is 26.0 Å². The molecule has 0 spiro atoms. The standard InChI is InChI=1S/C10H13F2N/c1-7(2)10(11,12)8-4-3-5-9(13)6-8/h3-7H,13H2,1-2H3. The second kappa shape index (κ2) is 3.32. The van der Waals surface area contributed by atoms with Crippen molar-refractivity contribution in [3.05, 3.63) is 29.8 Å². The van der Waals surface area contributed by atoms with Crippen molar-refractivity contribution in [3.63, 3.8) is 0 Å². The molecule has 13 heavy (non-hydrogen) atoms. The molecule has 1 rings (SSSR count). The minimum Gasteiger partial charge on any atom is -0.399 e. The average molecular weight is 185 g/mol. The number of hydrogen-bond donors (Lipinski definition) is 1. The lowest BCUT2D eigenvalue weighted by Crippen LogP contribution is -2.20. The first kappa shape index (κ1) is 9.96. The normalized spacial score (nSPS) is 12.1. The van der Waals surface area contributed by atoms with E-state index in [-0.39, 0.29) is 5.56 Å². The molecule has 0 bridgehead atoms. The SMILES string of the molecule is CC(C)C(F)(F)c1cccc(N)c1. The fourth-order valence-electron chi connectivity index (χ4n) is 1.08. The number of benzene rings is 1. The van der Waals surface area contributed by atoms with Crippen molar-refractivity contribution in [1.82, 2.24) is 0 Å². The van der Waals surface area contributed by atoms with E-state index >= 15 is 0 Å². The van der Waals surface area contributed by atoms with Crippen LogP contribution in [0.5, 0.6) is 0 Å². The fraction of sp³-hybridized carbons (Fsp3) is 0.400. The third-order valence-corrected chi connectivity index (χ3v) is 2.00. The van der Waals surface area contributed by atoms with E-state index in [9.17, 15) is 8.78 Å². The molecule has 0 amide bonds. The highest BCUT2D eigenvalue weighted by atomic mass is 19.3. The second-order valence-electron chi connectivity index (χ2n) is 3.40. The van der Waals surface area contributed by atoms with Gasteiger partial charge in [0.2, 0.25) is 0 Å². The van der Waals surface area contributed by atoms with E-state index in [1.165, 1.54) is 26.0 Å². The lowest BCUT2D eigenvalue weighted by Gasteiger charge is -2.20. The summed E-state index contributed by atoms with van der Waals surface area (Å²) in [6.07, 6.45) is 0. The quantitative estimate of drug-likeness (QED) is 0.704. The van der Waals surface area contributed by atoms with E-state index in [0.717, 1.165) is 0 Å². The van der Waals surface area contributed by atoms with Gasteiger partial charge in [-0.25, -0.2) is 8.78 Å². The maximum atomic E-state index is 13.4. The van der Waals surface area contributed by atoms with Crippen LogP contribution in [0.2, 0.25) is 0 Å². The van der Waals surface area contributed by atoms with E-state index in [1.54, 1.807) is 12.1 Å². The highest BCUT2D eigenvalue weighted by Crippen LogP contribution is 2.35. The highest BCUT2D eigenvalue weighted by molar-refractivity contribution is 5.42. The molecular weight excluding hydrogens is 172 g/mol. The van der Waals surface area contributed by atoms with Gasteiger partial charge in [0.25, 0.3) is 5.92 Å². The molecule has 0 saturated heterocycles. The molecule has 0 unspecified atom stereocenters. The molecule has 0 aliphatic heterocycles. The zero-order valence-electron chi connectivity index (χ0n) is 7.72. The Balaban J connectivity index is 3.07. The lowest BCUT2D eigenvalue weighted by atomic mass is 9.97. The molecule has 3 heteroatoms. The number of hydrogen-bond acceptors (Lipinski definition) is 1. The van der Waals surface area contributed by atoms with Gasteiger partial charge in [0.05, 0.1) is 0 Å². The molecule has 1 nitrogen and oxygen atoms in total. The summed E-state index contributed by atoms with van der Waals surface area (Å²) in [5, 5.41) is 0. The first-order chi connectivity index (χ1) is 5.94. The Hall–Kier alpha value is -1.12. The molecule has 0 saturated carbocycles. The zero-order chi connectivity index (χ0) is 10.1. The number of alkyl halides is 2. The third kappa shape index (κ3) is 1.97. The number of rotatable bonds is 2. The van der Waals surface area contributed by atoms with Crippen LogP contribution in [-0.4, -0.2) is 0 Å². The van der Waals surface area contributed by atoms with Crippen molar-refractivity contribution < 1.29 is 8.78 Å². The van der Waals surface area contributed by atoms with Crippen LogP contribution in [0.15, 0.2) is 24.3 Å². The van der Waals surface area contributed by atoms with Crippen LogP contribution in [0.3, 0.4) is 0 Å². The van der Waals surface area contributed by atoms with E-state index < -0.39 is 11.8 Å². The van der Waals surface area contributed by atoms with Gasteiger partial charge in [0.1, 0.15) is 0 Å². The van der Waals surface area contributed by atoms with Gasteiger partial charge in [0.15, 0.2) is 0 Å². The van der Waals surface area contributed by atoms with Crippen LogP contribution in [0, 0.1) is 5.92 Å². The number of anilines is 1. The smallest absolute Gasteiger partial charge is 0.275 e. The van der Waals surface area contributed by atoms with Crippen LogP contribution in [0.4, 0.5) is 14.5 Å². The minimum atomic E-state index is -2.80.